The fourth-order valence-electron chi connectivity index (χ4n) is 2.28. The van der Waals surface area contributed by atoms with Gasteiger partial charge in [-0.1, -0.05) is 6.07 Å². The van der Waals surface area contributed by atoms with Gasteiger partial charge >= 0.3 is 0 Å². The maximum absolute atomic E-state index is 4.57. The molecule has 3 nitrogen and oxygen atoms in total. The summed E-state index contributed by atoms with van der Waals surface area (Å²) in [6.45, 7) is 3.90. The highest BCUT2D eigenvalue weighted by molar-refractivity contribution is 9.11. The first-order valence-corrected chi connectivity index (χ1v) is 8.22. The topological polar surface area (TPSA) is 29.3 Å². The van der Waals surface area contributed by atoms with Crippen LogP contribution in [0.4, 0.5) is 0 Å². The lowest BCUT2D eigenvalue weighted by Gasteiger charge is -2.05. The van der Waals surface area contributed by atoms with E-state index >= 15 is 0 Å². The van der Waals surface area contributed by atoms with Gasteiger partial charge in [0.15, 0.2) is 0 Å². The second-order valence-electron chi connectivity index (χ2n) is 4.71. The Bertz CT molecular complexity index is 717. The molecule has 0 atom stereocenters. The first kappa shape index (κ1) is 13.8. The van der Waals surface area contributed by atoms with Gasteiger partial charge in [0.2, 0.25) is 0 Å². The first-order valence-electron chi connectivity index (χ1n) is 6.61. The molecule has 0 aliphatic rings. The van der Waals surface area contributed by atoms with Gasteiger partial charge in [0, 0.05) is 24.2 Å². The lowest BCUT2D eigenvalue weighted by Crippen LogP contribution is -2.18. The van der Waals surface area contributed by atoms with Gasteiger partial charge in [0.25, 0.3) is 0 Å². The number of aromatic nitrogens is 2. The monoisotopic (exact) mass is 349 g/mol. The summed E-state index contributed by atoms with van der Waals surface area (Å²) < 4.78 is 3.36. The van der Waals surface area contributed by atoms with Crippen LogP contribution in [0.15, 0.2) is 40.3 Å². The molecule has 0 saturated heterocycles. The van der Waals surface area contributed by atoms with Crippen molar-refractivity contribution in [3.8, 4) is 0 Å². The van der Waals surface area contributed by atoms with Crippen LogP contribution in [0, 0.1) is 6.92 Å². The van der Waals surface area contributed by atoms with E-state index in [4.69, 9.17) is 0 Å². The Morgan fingerprint density at radius 3 is 3.00 bits per heavy atom. The Morgan fingerprint density at radius 1 is 1.30 bits per heavy atom. The van der Waals surface area contributed by atoms with Crippen molar-refractivity contribution in [2.24, 2.45) is 0 Å². The predicted octanol–water partition coefficient (Wildman–Crippen LogP) is 3.80. The largest absolute Gasteiger partial charge is 0.311 e. The lowest BCUT2D eigenvalue weighted by molar-refractivity contribution is 0.671. The smallest absolute Gasteiger partial charge is 0.137 e. The third kappa shape index (κ3) is 2.95. The van der Waals surface area contributed by atoms with Crippen molar-refractivity contribution >= 4 is 32.9 Å². The average Bonchev–Trinajstić information content (AvgIpc) is 2.98. The third-order valence-electron chi connectivity index (χ3n) is 3.30. The van der Waals surface area contributed by atoms with E-state index in [1.54, 1.807) is 11.3 Å². The molecule has 3 heterocycles. The Kier molecular flexibility index (Phi) is 4.19. The number of thiophene rings is 1. The van der Waals surface area contributed by atoms with Crippen molar-refractivity contribution in [3.05, 3.63) is 56.6 Å². The van der Waals surface area contributed by atoms with Crippen LogP contribution in [0.2, 0.25) is 0 Å². The van der Waals surface area contributed by atoms with Crippen LogP contribution < -0.4 is 5.32 Å². The zero-order valence-electron chi connectivity index (χ0n) is 11.3. The number of hydrogen-bond donors (Lipinski definition) is 1. The molecule has 1 N–H and O–H groups in total. The molecule has 104 valence electrons. The van der Waals surface area contributed by atoms with Crippen LogP contribution in [0.5, 0.6) is 0 Å². The second-order valence-corrected chi connectivity index (χ2v) is 7.25. The summed E-state index contributed by atoms with van der Waals surface area (Å²) >= 11 is 5.30. The highest BCUT2D eigenvalue weighted by Crippen LogP contribution is 2.22. The number of pyridine rings is 1. The van der Waals surface area contributed by atoms with Crippen molar-refractivity contribution in [2.75, 3.05) is 6.54 Å². The zero-order chi connectivity index (χ0) is 13.9. The number of nitrogens with one attached hydrogen (secondary N) is 1. The first-order chi connectivity index (χ1) is 9.74. The molecule has 0 unspecified atom stereocenters. The lowest BCUT2D eigenvalue weighted by atomic mass is 10.3. The van der Waals surface area contributed by atoms with Crippen LogP contribution >= 0.6 is 27.3 Å². The molecule has 0 radical (unpaired) electrons. The molecule has 0 spiro atoms. The third-order valence-corrected chi connectivity index (χ3v) is 4.98. The van der Waals surface area contributed by atoms with E-state index in [0.29, 0.717) is 0 Å². The van der Waals surface area contributed by atoms with Gasteiger partial charge in [-0.2, -0.15) is 0 Å². The molecule has 3 aromatic heterocycles. The van der Waals surface area contributed by atoms with Crippen molar-refractivity contribution < 1.29 is 0 Å². The predicted molar refractivity (Wildman–Crippen MR) is 87.4 cm³/mol. The molecule has 0 bridgehead atoms. The van der Waals surface area contributed by atoms with E-state index in [2.05, 4.69) is 55.9 Å². The van der Waals surface area contributed by atoms with Gasteiger partial charge in [-0.3, -0.25) is 0 Å². The minimum Gasteiger partial charge on any atom is -0.311 e. The van der Waals surface area contributed by atoms with E-state index < -0.39 is 0 Å². The second kappa shape index (κ2) is 6.08. The molecule has 5 heteroatoms. The Labute approximate surface area is 130 Å². The van der Waals surface area contributed by atoms with Crippen LogP contribution in [0.25, 0.3) is 5.65 Å². The number of fused-ring (bicyclic) bond motifs is 1. The zero-order valence-corrected chi connectivity index (χ0v) is 13.7. The molecule has 3 aromatic rings. The molecule has 0 aliphatic carbocycles. The fourth-order valence-corrected chi connectivity index (χ4v) is 3.76. The van der Waals surface area contributed by atoms with Gasteiger partial charge in [0.1, 0.15) is 5.65 Å². The molecular formula is C15H16BrN3S. The molecule has 0 amide bonds. The highest BCUT2D eigenvalue weighted by Gasteiger charge is 2.07. The van der Waals surface area contributed by atoms with Crippen molar-refractivity contribution in [3.63, 3.8) is 0 Å². The standard InChI is InChI=1S/C15H16BrN3S/c1-11-13(19-9-3-2-4-15(19)18-11)10-17-8-7-12-5-6-14(16)20-12/h2-6,9,17H,7-8,10H2,1H3. The average molecular weight is 350 g/mol. The van der Waals surface area contributed by atoms with E-state index in [1.807, 2.05) is 18.2 Å². The summed E-state index contributed by atoms with van der Waals surface area (Å²) in [7, 11) is 0. The number of rotatable bonds is 5. The quantitative estimate of drug-likeness (QED) is 0.710. The summed E-state index contributed by atoms with van der Waals surface area (Å²) in [4.78, 5) is 5.97. The van der Waals surface area contributed by atoms with Crippen LogP contribution in [-0.4, -0.2) is 15.9 Å². The van der Waals surface area contributed by atoms with Gasteiger partial charge in [-0.05, 0) is 53.5 Å². The Balaban J connectivity index is 1.61. The van der Waals surface area contributed by atoms with Crippen LogP contribution in [-0.2, 0) is 13.0 Å². The van der Waals surface area contributed by atoms with E-state index in [-0.39, 0.29) is 0 Å². The summed E-state index contributed by atoms with van der Waals surface area (Å²) in [6, 6.07) is 10.4. The minimum absolute atomic E-state index is 0.851. The number of imidazole rings is 1. The number of aryl methyl sites for hydroxylation is 1. The maximum Gasteiger partial charge on any atom is 0.137 e. The van der Waals surface area contributed by atoms with Gasteiger partial charge in [-0.25, -0.2) is 4.98 Å². The summed E-state index contributed by atoms with van der Waals surface area (Å²) in [6.07, 6.45) is 3.13. The van der Waals surface area contributed by atoms with E-state index in [9.17, 15) is 0 Å². The SMILES string of the molecule is Cc1nc2ccccn2c1CNCCc1ccc(Br)s1. The maximum atomic E-state index is 4.57. The number of hydrogen-bond acceptors (Lipinski definition) is 3. The van der Waals surface area contributed by atoms with Gasteiger partial charge < -0.3 is 9.72 Å². The molecular weight excluding hydrogens is 334 g/mol. The summed E-state index contributed by atoms with van der Waals surface area (Å²) in [5.74, 6) is 0. The normalized spacial score (nSPS) is 11.3. The molecule has 0 saturated carbocycles. The molecule has 0 fully saturated rings. The number of nitrogens with zero attached hydrogens (tertiary/aromatic N) is 2. The van der Waals surface area contributed by atoms with Gasteiger partial charge in [0.05, 0.1) is 15.2 Å². The summed E-state index contributed by atoms with van der Waals surface area (Å²) in [5, 5.41) is 3.51. The molecule has 20 heavy (non-hydrogen) atoms. The highest BCUT2D eigenvalue weighted by atomic mass is 79.9. The van der Waals surface area contributed by atoms with E-state index in [0.717, 1.165) is 30.9 Å². The van der Waals surface area contributed by atoms with Crippen molar-refractivity contribution in [2.45, 2.75) is 19.9 Å². The van der Waals surface area contributed by atoms with Crippen molar-refractivity contribution in [1.29, 1.82) is 0 Å². The molecule has 0 aromatic carbocycles. The Morgan fingerprint density at radius 2 is 2.20 bits per heavy atom. The summed E-state index contributed by atoms with van der Waals surface area (Å²) in [5.41, 5.74) is 3.36. The van der Waals surface area contributed by atoms with Crippen LogP contribution in [0.1, 0.15) is 16.3 Å². The van der Waals surface area contributed by atoms with E-state index in [1.165, 1.54) is 14.4 Å². The fraction of sp³-hybridized carbons (Fsp3) is 0.267. The van der Waals surface area contributed by atoms with Crippen molar-refractivity contribution in [1.82, 2.24) is 14.7 Å². The molecule has 0 aliphatic heterocycles. The Hall–Kier alpha value is -1.17. The minimum atomic E-state index is 0.851. The molecule has 3 rings (SSSR count). The number of halogens is 1. The van der Waals surface area contributed by atoms with Gasteiger partial charge in [-0.15, -0.1) is 11.3 Å². The van der Waals surface area contributed by atoms with Crippen LogP contribution in [0.3, 0.4) is 0 Å².